The Bertz CT molecular complexity index is 1470. The summed E-state index contributed by atoms with van der Waals surface area (Å²) in [7, 11) is 0. The van der Waals surface area contributed by atoms with E-state index in [9.17, 15) is 50.8 Å². The molecule has 41 heavy (non-hydrogen) atoms. The highest BCUT2D eigenvalue weighted by Gasteiger charge is 2.50. The topological polar surface area (TPSA) is 249 Å². The van der Waals surface area contributed by atoms with Crippen LogP contribution in [0, 0.1) is 0 Å². The van der Waals surface area contributed by atoms with Gasteiger partial charge in [-0.3, -0.25) is 4.79 Å². The number of phenols is 3. The Hall–Kier alpha value is -3.51. The number of hydrogen-bond acceptors (Lipinski definition) is 15. The summed E-state index contributed by atoms with van der Waals surface area (Å²) in [5, 5.41) is 90.4. The first-order chi connectivity index (χ1) is 19.4. The van der Waals surface area contributed by atoms with E-state index in [2.05, 4.69) is 0 Å². The van der Waals surface area contributed by atoms with Gasteiger partial charge in [0.2, 0.25) is 6.29 Å². The number of hydrogen-bond donors (Lipinski definition) is 9. The van der Waals surface area contributed by atoms with E-state index in [0.29, 0.717) is 0 Å². The van der Waals surface area contributed by atoms with Crippen LogP contribution in [0.25, 0.3) is 22.3 Å². The number of aliphatic hydroxyl groups is 6. The summed E-state index contributed by atoms with van der Waals surface area (Å²) in [5.41, 5.74) is -2.49. The minimum atomic E-state index is -1.95. The van der Waals surface area contributed by atoms with E-state index in [4.69, 9.17) is 23.4 Å². The molecule has 9 N–H and O–H groups in total. The van der Waals surface area contributed by atoms with Crippen molar-refractivity contribution in [3.63, 3.8) is 0 Å². The summed E-state index contributed by atoms with van der Waals surface area (Å²) in [6.45, 7) is -1.72. The summed E-state index contributed by atoms with van der Waals surface area (Å²) >= 11 is 0. The Morgan fingerprint density at radius 2 is 1.66 bits per heavy atom. The molecular formula is C26H28O15. The first-order valence-electron chi connectivity index (χ1n) is 12.4. The predicted molar refractivity (Wildman–Crippen MR) is 134 cm³/mol. The second kappa shape index (κ2) is 11.1. The Labute approximate surface area is 230 Å². The average Bonchev–Trinajstić information content (AvgIpc) is 3.23. The Balaban J connectivity index is 1.36. The number of benzene rings is 2. The molecule has 0 amide bonds. The van der Waals surface area contributed by atoms with Gasteiger partial charge in [0.05, 0.1) is 19.8 Å². The van der Waals surface area contributed by atoms with Gasteiger partial charge < -0.3 is 69.3 Å². The van der Waals surface area contributed by atoms with Crippen LogP contribution in [0.3, 0.4) is 0 Å². The highest BCUT2D eigenvalue weighted by atomic mass is 16.7. The van der Waals surface area contributed by atoms with Crippen LogP contribution >= 0.6 is 0 Å². The lowest BCUT2D eigenvalue weighted by molar-refractivity contribution is -0.289. The standard InChI is InChI=1S/C26H28O15/c27-8-26(36)9-38-25(23(26)35)37-7-18-20(32)21(33)22(34)24(41-18)39-11-4-14(30)19-15(31)6-16(40-17(19)5-11)10-1-2-12(28)13(29)3-10/h1-6,18,20-25,27-30,32-36H,7-9H2/t18?,20-,21?,22-,23-,24+,25?,26+/m0/s1. The van der Waals surface area contributed by atoms with Crippen LogP contribution < -0.4 is 10.2 Å². The van der Waals surface area contributed by atoms with Crippen LogP contribution in [-0.4, -0.2) is 114 Å². The van der Waals surface area contributed by atoms with E-state index in [1.54, 1.807) is 0 Å². The number of ether oxygens (including phenoxy) is 4. The summed E-state index contributed by atoms with van der Waals surface area (Å²) in [5.74, 6) is -1.56. The molecule has 0 radical (unpaired) electrons. The van der Waals surface area contributed by atoms with Crippen molar-refractivity contribution >= 4 is 11.0 Å². The van der Waals surface area contributed by atoms with Gasteiger partial charge in [-0.25, -0.2) is 0 Å². The van der Waals surface area contributed by atoms with Crippen molar-refractivity contribution in [2.24, 2.45) is 0 Å². The van der Waals surface area contributed by atoms with Crippen molar-refractivity contribution in [1.29, 1.82) is 0 Å². The van der Waals surface area contributed by atoms with E-state index in [-0.39, 0.29) is 33.8 Å². The molecule has 3 heterocycles. The predicted octanol–water partition coefficient (Wildman–Crippen LogP) is -1.78. The molecule has 2 saturated heterocycles. The van der Waals surface area contributed by atoms with Gasteiger partial charge in [-0.15, -0.1) is 0 Å². The molecule has 0 aliphatic carbocycles. The number of aliphatic hydroxyl groups excluding tert-OH is 5. The lowest BCUT2D eigenvalue weighted by Crippen LogP contribution is -2.60. The largest absolute Gasteiger partial charge is 0.507 e. The van der Waals surface area contributed by atoms with Gasteiger partial charge in [0.1, 0.15) is 64.3 Å². The molecule has 2 aromatic carbocycles. The molecule has 2 aliphatic heterocycles. The fraction of sp³-hybridized carbons (Fsp3) is 0.423. The zero-order valence-electron chi connectivity index (χ0n) is 21.1. The molecule has 2 aliphatic rings. The quantitative estimate of drug-likeness (QED) is 0.140. The van der Waals surface area contributed by atoms with E-state index < -0.39 is 85.4 Å². The van der Waals surface area contributed by atoms with Crippen LogP contribution in [0.1, 0.15) is 0 Å². The molecule has 3 aromatic rings. The monoisotopic (exact) mass is 580 g/mol. The van der Waals surface area contributed by atoms with Gasteiger partial charge in [-0.05, 0) is 18.2 Å². The maximum atomic E-state index is 12.7. The molecule has 15 heteroatoms. The second-order valence-electron chi connectivity index (χ2n) is 9.85. The zero-order chi connectivity index (χ0) is 29.6. The summed E-state index contributed by atoms with van der Waals surface area (Å²) in [4.78, 5) is 12.7. The van der Waals surface area contributed by atoms with Crippen molar-refractivity contribution in [1.82, 2.24) is 0 Å². The van der Waals surface area contributed by atoms with Gasteiger partial charge in [0.15, 0.2) is 23.2 Å². The fourth-order valence-corrected chi connectivity index (χ4v) is 4.54. The molecule has 8 atom stereocenters. The highest BCUT2D eigenvalue weighted by molar-refractivity contribution is 5.86. The molecule has 5 rings (SSSR count). The van der Waals surface area contributed by atoms with Crippen LogP contribution in [0.4, 0.5) is 0 Å². The number of aromatic hydroxyl groups is 3. The SMILES string of the molecule is O=c1cc(-c2ccc(O)c(O)c2)oc2cc(O[C@@H]3OC(COC4OC[C@](O)(CO)[C@H]4O)[C@H](O)C(O)[C@@H]3O)cc(O)c12. The van der Waals surface area contributed by atoms with Gasteiger partial charge in [-0.1, -0.05) is 0 Å². The summed E-state index contributed by atoms with van der Waals surface area (Å²) in [6, 6.07) is 7.08. The maximum absolute atomic E-state index is 12.7. The Kier molecular flexibility index (Phi) is 7.82. The third-order valence-corrected chi connectivity index (χ3v) is 6.97. The van der Waals surface area contributed by atoms with Crippen LogP contribution in [-0.2, 0) is 14.2 Å². The van der Waals surface area contributed by atoms with Crippen molar-refractivity contribution < 1.29 is 69.3 Å². The third kappa shape index (κ3) is 5.42. The number of phenolic OH excluding ortho intramolecular Hbond substituents is 3. The highest BCUT2D eigenvalue weighted by Crippen LogP contribution is 2.35. The smallest absolute Gasteiger partial charge is 0.229 e. The minimum absolute atomic E-state index is 0.0107. The van der Waals surface area contributed by atoms with Crippen molar-refractivity contribution in [3.8, 4) is 34.3 Å². The van der Waals surface area contributed by atoms with Gasteiger partial charge in [0.25, 0.3) is 0 Å². The molecule has 1 aromatic heterocycles. The van der Waals surface area contributed by atoms with E-state index >= 15 is 0 Å². The van der Waals surface area contributed by atoms with Gasteiger partial charge in [0, 0.05) is 23.8 Å². The molecule has 3 unspecified atom stereocenters. The third-order valence-electron chi connectivity index (χ3n) is 6.97. The summed E-state index contributed by atoms with van der Waals surface area (Å²) < 4.78 is 27.4. The lowest BCUT2D eigenvalue weighted by Gasteiger charge is -2.40. The van der Waals surface area contributed by atoms with Crippen molar-refractivity contribution in [3.05, 3.63) is 46.6 Å². The molecule has 15 nitrogen and oxygen atoms in total. The van der Waals surface area contributed by atoms with Crippen molar-refractivity contribution in [2.45, 2.75) is 48.7 Å². The summed E-state index contributed by atoms with van der Waals surface area (Å²) in [6.07, 6.45) is -11.2. The maximum Gasteiger partial charge on any atom is 0.229 e. The fourth-order valence-electron chi connectivity index (χ4n) is 4.54. The molecular weight excluding hydrogens is 552 g/mol. The van der Waals surface area contributed by atoms with E-state index in [1.807, 2.05) is 0 Å². The molecule has 0 saturated carbocycles. The molecule has 2 fully saturated rings. The van der Waals surface area contributed by atoms with Gasteiger partial charge >= 0.3 is 0 Å². The second-order valence-corrected chi connectivity index (χ2v) is 9.85. The Morgan fingerprint density at radius 1 is 0.902 bits per heavy atom. The molecule has 0 spiro atoms. The van der Waals surface area contributed by atoms with Crippen LogP contribution in [0.5, 0.6) is 23.0 Å². The first-order valence-corrected chi connectivity index (χ1v) is 12.4. The molecule has 0 bridgehead atoms. The average molecular weight is 580 g/mol. The van der Waals surface area contributed by atoms with E-state index in [1.165, 1.54) is 24.3 Å². The number of fused-ring (bicyclic) bond motifs is 1. The lowest BCUT2D eigenvalue weighted by atomic mass is 9.99. The molecule has 222 valence electrons. The van der Waals surface area contributed by atoms with Crippen LogP contribution in [0.15, 0.2) is 45.6 Å². The number of rotatable bonds is 7. The normalized spacial score (nSPS) is 31.9. The van der Waals surface area contributed by atoms with Gasteiger partial charge in [-0.2, -0.15) is 0 Å². The first kappa shape index (κ1) is 29.0. The van der Waals surface area contributed by atoms with Crippen LogP contribution in [0.2, 0.25) is 0 Å². The minimum Gasteiger partial charge on any atom is -0.507 e. The zero-order valence-corrected chi connectivity index (χ0v) is 21.1. The van der Waals surface area contributed by atoms with Crippen molar-refractivity contribution in [2.75, 3.05) is 19.8 Å². The Morgan fingerprint density at radius 3 is 2.34 bits per heavy atom. The van der Waals surface area contributed by atoms with E-state index in [0.717, 1.165) is 12.1 Å².